The molecule has 2 aromatic rings. The third-order valence-corrected chi connectivity index (χ3v) is 4.22. The Morgan fingerprint density at radius 1 is 1.38 bits per heavy atom. The summed E-state index contributed by atoms with van der Waals surface area (Å²) < 4.78 is 6.62. The van der Waals surface area contributed by atoms with Crippen molar-refractivity contribution in [2.75, 3.05) is 13.7 Å². The normalized spacial score (nSPS) is 14.9. The van der Waals surface area contributed by atoms with Gasteiger partial charge < -0.3 is 15.2 Å². The van der Waals surface area contributed by atoms with Gasteiger partial charge in [-0.25, -0.2) is 9.48 Å². The number of aromatic nitrogens is 3. The fourth-order valence-electron chi connectivity index (χ4n) is 2.72. The maximum absolute atomic E-state index is 12.1. The van der Waals surface area contributed by atoms with E-state index >= 15 is 0 Å². The summed E-state index contributed by atoms with van der Waals surface area (Å²) in [4.78, 5) is 22.8. The molecule has 1 aliphatic rings. The Morgan fingerprint density at radius 3 is 2.75 bits per heavy atom. The van der Waals surface area contributed by atoms with Gasteiger partial charge in [0.1, 0.15) is 12.3 Å². The van der Waals surface area contributed by atoms with Crippen LogP contribution >= 0.6 is 0 Å². The quantitative estimate of drug-likeness (QED) is 0.779. The van der Waals surface area contributed by atoms with Crippen molar-refractivity contribution >= 4 is 11.9 Å². The van der Waals surface area contributed by atoms with Crippen molar-refractivity contribution < 1.29 is 19.4 Å². The summed E-state index contributed by atoms with van der Waals surface area (Å²) in [7, 11) is 1.64. The van der Waals surface area contributed by atoms with Gasteiger partial charge in [0.25, 0.3) is 0 Å². The molecule has 1 fully saturated rings. The molecular weight excluding hydrogens is 312 g/mol. The van der Waals surface area contributed by atoms with Crippen LogP contribution in [0.1, 0.15) is 28.9 Å². The molecule has 1 aromatic heterocycles. The first-order chi connectivity index (χ1) is 11.5. The molecule has 0 saturated heterocycles. The van der Waals surface area contributed by atoms with Crippen LogP contribution in [-0.4, -0.2) is 45.6 Å². The van der Waals surface area contributed by atoms with Gasteiger partial charge in [-0.15, -0.1) is 5.10 Å². The highest BCUT2D eigenvalue weighted by molar-refractivity contribution is 5.84. The SMILES string of the molecule is COc1ccccc1C1(CNC(=O)Cn2cc(C(=O)O)nn2)CC1. The van der Waals surface area contributed by atoms with E-state index in [1.165, 1.54) is 10.9 Å². The number of nitrogens with one attached hydrogen (secondary N) is 1. The molecule has 1 amide bonds. The molecule has 24 heavy (non-hydrogen) atoms. The van der Waals surface area contributed by atoms with Crippen molar-refractivity contribution in [2.24, 2.45) is 0 Å². The molecule has 0 radical (unpaired) electrons. The van der Waals surface area contributed by atoms with Crippen LogP contribution in [-0.2, 0) is 16.8 Å². The Hall–Kier alpha value is -2.90. The highest BCUT2D eigenvalue weighted by Gasteiger charge is 2.46. The predicted octanol–water partition coefficient (Wildman–Crippen LogP) is 0.833. The fourth-order valence-corrected chi connectivity index (χ4v) is 2.72. The molecule has 0 bridgehead atoms. The third kappa shape index (κ3) is 3.22. The van der Waals surface area contributed by atoms with E-state index in [1.54, 1.807) is 7.11 Å². The highest BCUT2D eigenvalue weighted by atomic mass is 16.5. The zero-order chi connectivity index (χ0) is 17.2. The number of ether oxygens (including phenoxy) is 1. The molecule has 2 N–H and O–H groups in total. The number of para-hydroxylation sites is 1. The first kappa shape index (κ1) is 16.0. The second-order valence-corrected chi connectivity index (χ2v) is 5.86. The maximum atomic E-state index is 12.1. The lowest BCUT2D eigenvalue weighted by atomic mass is 9.95. The van der Waals surface area contributed by atoms with Gasteiger partial charge in [0.05, 0.1) is 13.3 Å². The molecule has 1 aromatic carbocycles. The van der Waals surface area contributed by atoms with Crippen LogP contribution in [0, 0.1) is 0 Å². The lowest BCUT2D eigenvalue weighted by molar-refractivity contribution is -0.122. The lowest BCUT2D eigenvalue weighted by Crippen LogP contribution is -2.34. The topological polar surface area (TPSA) is 106 Å². The number of rotatable bonds is 7. The number of amides is 1. The number of aromatic carboxylic acids is 1. The predicted molar refractivity (Wildman–Crippen MR) is 83.9 cm³/mol. The Kier molecular flexibility index (Phi) is 4.20. The van der Waals surface area contributed by atoms with Gasteiger partial charge in [-0.2, -0.15) is 0 Å². The van der Waals surface area contributed by atoms with Crippen molar-refractivity contribution in [1.82, 2.24) is 20.3 Å². The zero-order valence-corrected chi connectivity index (χ0v) is 13.2. The number of methoxy groups -OCH3 is 1. The van der Waals surface area contributed by atoms with Gasteiger partial charge in [0, 0.05) is 17.5 Å². The lowest BCUT2D eigenvalue weighted by Gasteiger charge is -2.19. The molecular formula is C16H18N4O4. The van der Waals surface area contributed by atoms with Crippen molar-refractivity contribution in [3.05, 3.63) is 41.7 Å². The van der Waals surface area contributed by atoms with Crippen LogP contribution in [0.4, 0.5) is 0 Å². The molecule has 1 heterocycles. The monoisotopic (exact) mass is 330 g/mol. The Morgan fingerprint density at radius 2 is 2.12 bits per heavy atom. The number of carboxylic acid groups (broad SMARTS) is 1. The standard InChI is InChI=1S/C16H18N4O4/c1-24-13-5-3-2-4-11(13)16(6-7-16)10-17-14(21)9-20-8-12(15(22)23)18-19-20/h2-5,8H,6-7,9-10H2,1H3,(H,17,21)(H,22,23). The van der Waals surface area contributed by atoms with E-state index in [0.717, 1.165) is 24.2 Å². The largest absolute Gasteiger partial charge is 0.496 e. The number of nitrogens with zero attached hydrogens (tertiary/aromatic N) is 3. The van der Waals surface area contributed by atoms with E-state index in [4.69, 9.17) is 9.84 Å². The first-order valence-corrected chi connectivity index (χ1v) is 7.58. The first-order valence-electron chi connectivity index (χ1n) is 7.58. The van der Waals surface area contributed by atoms with E-state index in [2.05, 4.69) is 15.6 Å². The molecule has 126 valence electrons. The number of hydrogen-bond acceptors (Lipinski definition) is 5. The molecule has 0 atom stereocenters. The van der Waals surface area contributed by atoms with Crippen LogP contribution in [0.25, 0.3) is 0 Å². The molecule has 0 aliphatic heterocycles. The summed E-state index contributed by atoms with van der Waals surface area (Å²) in [6.07, 6.45) is 3.20. The molecule has 1 saturated carbocycles. The molecule has 1 aliphatic carbocycles. The summed E-state index contributed by atoms with van der Waals surface area (Å²) >= 11 is 0. The number of carbonyl (C=O) groups excluding carboxylic acids is 1. The minimum atomic E-state index is -1.17. The number of benzene rings is 1. The number of carboxylic acids is 1. The third-order valence-electron chi connectivity index (χ3n) is 4.22. The van der Waals surface area contributed by atoms with Gasteiger partial charge in [-0.1, -0.05) is 23.4 Å². The smallest absolute Gasteiger partial charge is 0.358 e. The van der Waals surface area contributed by atoms with E-state index in [-0.39, 0.29) is 23.6 Å². The van der Waals surface area contributed by atoms with Crippen molar-refractivity contribution in [1.29, 1.82) is 0 Å². The van der Waals surface area contributed by atoms with Gasteiger partial charge in [0.2, 0.25) is 5.91 Å². The van der Waals surface area contributed by atoms with Gasteiger partial charge in [-0.05, 0) is 18.9 Å². The molecule has 3 rings (SSSR count). The average molecular weight is 330 g/mol. The van der Waals surface area contributed by atoms with Gasteiger partial charge in [0.15, 0.2) is 5.69 Å². The Balaban J connectivity index is 1.60. The van der Waals surface area contributed by atoms with Crippen LogP contribution < -0.4 is 10.1 Å². The molecule has 0 spiro atoms. The van der Waals surface area contributed by atoms with Crippen LogP contribution in [0.2, 0.25) is 0 Å². The van der Waals surface area contributed by atoms with Crippen LogP contribution in [0.5, 0.6) is 5.75 Å². The van der Waals surface area contributed by atoms with Gasteiger partial charge >= 0.3 is 5.97 Å². The second-order valence-electron chi connectivity index (χ2n) is 5.86. The van der Waals surface area contributed by atoms with E-state index < -0.39 is 5.97 Å². The summed E-state index contributed by atoms with van der Waals surface area (Å²) in [6.45, 7) is 0.439. The zero-order valence-electron chi connectivity index (χ0n) is 13.2. The second kappa shape index (κ2) is 6.31. The molecule has 0 unspecified atom stereocenters. The van der Waals surface area contributed by atoms with Crippen LogP contribution in [0.15, 0.2) is 30.5 Å². The maximum Gasteiger partial charge on any atom is 0.358 e. The molecule has 8 heteroatoms. The Labute approximate surface area is 138 Å². The van der Waals surface area contributed by atoms with Crippen molar-refractivity contribution in [2.45, 2.75) is 24.8 Å². The fraction of sp³-hybridized carbons (Fsp3) is 0.375. The summed E-state index contributed by atoms with van der Waals surface area (Å²) in [5.41, 5.74) is 0.828. The minimum Gasteiger partial charge on any atom is -0.496 e. The van der Waals surface area contributed by atoms with Gasteiger partial charge in [-0.3, -0.25) is 4.79 Å². The highest BCUT2D eigenvalue weighted by Crippen LogP contribution is 2.50. The van der Waals surface area contributed by atoms with Crippen LogP contribution in [0.3, 0.4) is 0 Å². The average Bonchev–Trinajstić information content (AvgIpc) is 3.23. The van der Waals surface area contributed by atoms with Crippen molar-refractivity contribution in [3.8, 4) is 5.75 Å². The minimum absolute atomic E-state index is 0.0672. The van der Waals surface area contributed by atoms with E-state index in [1.807, 2.05) is 24.3 Å². The summed E-state index contributed by atoms with van der Waals surface area (Å²) in [5, 5.41) is 18.8. The van der Waals surface area contributed by atoms with E-state index in [9.17, 15) is 9.59 Å². The molecule has 8 nitrogen and oxygen atoms in total. The van der Waals surface area contributed by atoms with E-state index in [0.29, 0.717) is 6.54 Å². The van der Waals surface area contributed by atoms with Crippen molar-refractivity contribution in [3.63, 3.8) is 0 Å². The summed E-state index contributed by atoms with van der Waals surface area (Å²) in [5.74, 6) is -0.584. The number of carbonyl (C=O) groups is 2. The Bertz CT molecular complexity index is 767. The number of hydrogen-bond donors (Lipinski definition) is 2. The summed E-state index contributed by atoms with van der Waals surface area (Å²) in [6, 6.07) is 7.82.